The molecule has 1 aromatic rings. The Labute approximate surface area is 91.9 Å². The Morgan fingerprint density at radius 1 is 1.50 bits per heavy atom. The number of nitrogens with zero attached hydrogens (tertiary/aromatic N) is 1. The summed E-state index contributed by atoms with van der Waals surface area (Å²) in [6.07, 6.45) is 2.23. The molecule has 0 aromatic heterocycles. The number of hydrogen-bond acceptors (Lipinski definition) is 3. The summed E-state index contributed by atoms with van der Waals surface area (Å²) < 4.78 is 13.5. The van der Waals surface area contributed by atoms with Crippen molar-refractivity contribution >= 4 is 5.69 Å². The number of halogens is 1. The van der Waals surface area contributed by atoms with Crippen molar-refractivity contribution in [1.82, 2.24) is 0 Å². The minimum atomic E-state index is -0.619. The van der Waals surface area contributed by atoms with E-state index in [0.29, 0.717) is 12.0 Å². The zero-order valence-electron chi connectivity index (χ0n) is 8.65. The van der Waals surface area contributed by atoms with Gasteiger partial charge in [-0.05, 0) is 36.3 Å². The number of rotatable bonds is 4. The monoisotopic (exact) mass is 225 g/mol. The third-order valence-electron chi connectivity index (χ3n) is 3.11. The largest absolute Gasteiger partial charge is 0.396 e. The standard InChI is InChI=1S/C11H12FNO3/c12-10-5-9(13(15)16)2-1-8(10)6-11(7-14)3-4-11/h1-2,5,14H,3-4,6-7H2. The van der Waals surface area contributed by atoms with Gasteiger partial charge < -0.3 is 5.11 Å². The lowest BCUT2D eigenvalue weighted by atomic mass is 9.97. The van der Waals surface area contributed by atoms with Crippen molar-refractivity contribution in [3.05, 3.63) is 39.7 Å². The highest BCUT2D eigenvalue weighted by molar-refractivity contribution is 5.35. The van der Waals surface area contributed by atoms with Crippen molar-refractivity contribution in [1.29, 1.82) is 0 Å². The number of benzene rings is 1. The average Bonchev–Trinajstić information content (AvgIpc) is 3.01. The van der Waals surface area contributed by atoms with Gasteiger partial charge in [0.25, 0.3) is 5.69 Å². The molecule has 1 saturated carbocycles. The van der Waals surface area contributed by atoms with Crippen LogP contribution in [0.1, 0.15) is 18.4 Å². The quantitative estimate of drug-likeness (QED) is 0.630. The maximum absolute atomic E-state index is 13.5. The second-order valence-electron chi connectivity index (χ2n) is 4.37. The summed E-state index contributed by atoms with van der Waals surface area (Å²) in [5.74, 6) is -0.561. The van der Waals surface area contributed by atoms with Gasteiger partial charge in [-0.15, -0.1) is 0 Å². The van der Waals surface area contributed by atoms with Crippen LogP contribution in [0.4, 0.5) is 10.1 Å². The summed E-state index contributed by atoms with van der Waals surface area (Å²) in [5.41, 5.74) is 0.0176. The van der Waals surface area contributed by atoms with E-state index in [1.807, 2.05) is 0 Å². The fourth-order valence-electron chi connectivity index (χ4n) is 1.76. The highest BCUT2D eigenvalue weighted by Gasteiger charge is 2.42. The van der Waals surface area contributed by atoms with Crippen LogP contribution in [-0.4, -0.2) is 16.6 Å². The normalized spacial score (nSPS) is 17.1. The van der Waals surface area contributed by atoms with Gasteiger partial charge in [-0.25, -0.2) is 4.39 Å². The molecule has 0 unspecified atom stereocenters. The summed E-state index contributed by atoms with van der Waals surface area (Å²) in [5, 5.41) is 19.5. The van der Waals surface area contributed by atoms with Crippen LogP contribution in [0.3, 0.4) is 0 Å². The Kier molecular flexibility index (Phi) is 2.63. The van der Waals surface area contributed by atoms with E-state index in [4.69, 9.17) is 5.11 Å². The lowest BCUT2D eigenvalue weighted by Crippen LogP contribution is -2.11. The van der Waals surface area contributed by atoms with Crippen molar-refractivity contribution in [2.45, 2.75) is 19.3 Å². The van der Waals surface area contributed by atoms with Crippen molar-refractivity contribution in [3.8, 4) is 0 Å². The molecule has 1 N–H and O–H groups in total. The zero-order valence-corrected chi connectivity index (χ0v) is 8.65. The number of nitro groups is 1. The van der Waals surface area contributed by atoms with Gasteiger partial charge in [0.1, 0.15) is 5.82 Å². The predicted octanol–water partition coefficient (Wildman–Crippen LogP) is 2.05. The molecule has 0 saturated heterocycles. The van der Waals surface area contributed by atoms with Gasteiger partial charge >= 0.3 is 0 Å². The molecule has 0 amide bonds. The zero-order chi connectivity index (χ0) is 11.8. The van der Waals surface area contributed by atoms with Crippen LogP contribution >= 0.6 is 0 Å². The second kappa shape index (κ2) is 3.83. The summed E-state index contributed by atoms with van der Waals surface area (Å²) >= 11 is 0. The minimum Gasteiger partial charge on any atom is -0.396 e. The molecule has 0 heterocycles. The van der Waals surface area contributed by atoms with Crippen LogP contribution in [0.25, 0.3) is 0 Å². The smallest absolute Gasteiger partial charge is 0.272 e. The number of aliphatic hydroxyl groups is 1. The van der Waals surface area contributed by atoms with Crippen LogP contribution in [0, 0.1) is 21.3 Å². The van der Waals surface area contributed by atoms with Crippen LogP contribution in [-0.2, 0) is 6.42 Å². The van der Waals surface area contributed by atoms with Crippen LogP contribution < -0.4 is 0 Å². The number of nitro benzene ring substituents is 1. The predicted molar refractivity (Wildman–Crippen MR) is 55.5 cm³/mol. The fraction of sp³-hybridized carbons (Fsp3) is 0.455. The third kappa shape index (κ3) is 2.04. The molecule has 1 aliphatic carbocycles. The third-order valence-corrected chi connectivity index (χ3v) is 3.11. The topological polar surface area (TPSA) is 63.4 Å². The Balaban J connectivity index is 2.20. The molecule has 1 aliphatic rings. The van der Waals surface area contributed by atoms with Gasteiger partial charge in [0, 0.05) is 12.7 Å². The molecule has 86 valence electrons. The second-order valence-corrected chi connectivity index (χ2v) is 4.37. The van der Waals surface area contributed by atoms with E-state index in [1.54, 1.807) is 0 Å². The molecule has 0 radical (unpaired) electrons. The van der Waals surface area contributed by atoms with E-state index in [1.165, 1.54) is 12.1 Å². The van der Waals surface area contributed by atoms with E-state index < -0.39 is 10.7 Å². The maximum atomic E-state index is 13.5. The van der Waals surface area contributed by atoms with Gasteiger partial charge in [-0.3, -0.25) is 10.1 Å². The number of non-ortho nitro benzene ring substituents is 1. The van der Waals surface area contributed by atoms with Gasteiger partial charge in [0.15, 0.2) is 0 Å². The molecule has 0 aliphatic heterocycles. The Morgan fingerprint density at radius 2 is 2.19 bits per heavy atom. The lowest BCUT2D eigenvalue weighted by Gasteiger charge is -2.11. The maximum Gasteiger partial charge on any atom is 0.272 e. The van der Waals surface area contributed by atoms with E-state index in [0.717, 1.165) is 18.9 Å². The molecule has 4 nitrogen and oxygen atoms in total. The minimum absolute atomic E-state index is 0.0451. The fourth-order valence-corrected chi connectivity index (χ4v) is 1.76. The van der Waals surface area contributed by atoms with E-state index in [2.05, 4.69) is 0 Å². The molecular weight excluding hydrogens is 213 g/mol. The molecule has 5 heteroatoms. The van der Waals surface area contributed by atoms with Crippen LogP contribution in [0.5, 0.6) is 0 Å². The van der Waals surface area contributed by atoms with Gasteiger partial charge in [-0.2, -0.15) is 0 Å². The molecular formula is C11H12FNO3. The number of hydrogen-bond donors (Lipinski definition) is 1. The lowest BCUT2D eigenvalue weighted by molar-refractivity contribution is -0.385. The molecule has 1 fully saturated rings. The van der Waals surface area contributed by atoms with Crippen LogP contribution in [0.15, 0.2) is 18.2 Å². The van der Waals surface area contributed by atoms with Crippen molar-refractivity contribution in [2.75, 3.05) is 6.61 Å². The molecule has 0 spiro atoms. The van der Waals surface area contributed by atoms with Crippen molar-refractivity contribution in [2.24, 2.45) is 5.41 Å². The summed E-state index contributed by atoms with van der Waals surface area (Å²) in [7, 11) is 0. The molecule has 16 heavy (non-hydrogen) atoms. The first-order chi connectivity index (χ1) is 7.56. The van der Waals surface area contributed by atoms with Crippen LogP contribution in [0.2, 0.25) is 0 Å². The first-order valence-corrected chi connectivity index (χ1v) is 5.10. The number of aliphatic hydroxyl groups excluding tert-OH is 1. The van der Waals surface area contributed by atoms with E-state index in [9.17, 15) is 14.5 Å². The molecule has 0 atom stereocenters. The van der Waals surface area contributed by atoms with E-state index in [-0.39, 0.29) is 17.7 Å². The van der Waals surface area contributed by atoms with E-state index >= 15 is 0 Å². The SMILES string of the molecule is O=[N+]([O-])c1ccc(CC2(CO)CC2)c(F)c1. The van der Waals surface area contributed by atoms with Crippen molar-refractivity contribution in [3.63, 3.8) is 0 Å². The van der Waals surface area contributed by atoms with Gasteiger partial charge in [0.05, 0.1) is 11.0 Å². The summed E-state index contributed by atoms with van der Waals surface area (Å²) in [4.78, 5) is 9.80. The Morgan fingerprint density at radius 3 is 2.62 bits per heavy atom. The first kappa shape index (κ1) is 11.0. The van der Waals surface area contributed by atoms with Crippen molar-refractivity contribution < 1.29 is 14.4 Å². The molecule has 1 aromatic carbocycles. The molecule has 2 rings (SSSR count). The highest BCUT2D eigenvalue weighted by Crippen LogP contribution is 2.48. The first-order valence-electron chi connectivity index (χ1n) is 5.10. The summed E-state index contributed by atoms with van der Waals surface area (Å²) in [6, 6.07) is 3.66. The highest BCUT2D eigenvalue weighted by atomic mass is 19.1. The average molecular weight is 225 g/mol. The summed E-state index contributed by atoms with van der Waals surface area (Å²) in [6.45, 7) is 0.0451. The van der Waals surface area contributed by atoms with Gasteiger partial charge in [0.2, 0.25) is 0 Å². The van der Waals surface area contributed by atoms with Gasteiger partial charge in [-0.1, -0.05) is 0 Å². The Bertz CT molecular complexity index is 429. The molecule has 0 bridgehead atoms. The Hall–Kier alpha value is -1.49.